The second-order valence-corrected chi connectivity index (χ2v) is 5.15. The van der Waals surface area contributed by atoms with Gasteiger partial charge >= 0.3 is 6.18 Å². The van der Waals surface area contributed by atoms with Crippen molar-refractivity contribution >= 4 is 11.8 Å². The Morgan fingerprint density at radius 2 is 1.95 bits per heavy atom. The van der Waals surface area contributed by atoms with Gasteiger partial charge in [-0.05, 0) is 19.8 Å². The molecule has 1 aromatic heterocycles. The summed E-state index contributed by atoms with van der Waals surface area (Å²) < 4.78 is 38.7. The van der Waals surface area contributed by atoms with Crippen LogP contribution in [0.3, 0.4) is 0 Å². The summed E-state index contributed by atoms with van der Waals surface area (Å²) in [4.78, 5) is 9.39. The lowest BCUT2D eigenvalue weighted by Crippen LogP contribution is -2.37. The van der Waals surface area contributed by atoms with Gasteiger partial charge in [0, 0.05) is 18.7 Å². The van der Waals surface area contributed by atoms with Crippen LogP contribution in [0.25, 0.3) is 0 Å². The maximum absolute atomic E-state index is 12.9. The van der Waals surface area contributed by atoms with Crippen LogP contribution in [0, 0.1) is 0 Å². The number of nitrogens with zero attached hydrogens (tertiary/aromatic N) is 3. The molecule has 0 unspecified atom stereocenters. The van der Waals surface area contributed by atoms with E-state index in [1.54, 1.807) is 0 Å². The molecular formula is C13H20F3N5. The van der Waals surface area contributed by atoms with E-state index in [0.29, 0.717) is 6.54 Å². The predicted molar refractivity (Wildman–Crippen MR) is 74.7 cm³/mol. The molecule has 3 N–H and O–H groups in total. The van der Waals surface area contributed by atoms with E-state index < -0.39 is 11.9 Å². The molecule has 0 spiro atoms. The lowest BCUT2D eigenvalue weighted by Gasteiger charge is -2.34. The van der Waals surface area contributed by atoms with Gasteiger partial charge in [-0.25, -0.2) is 10.8 Å². The van der Waals surface area contributed by atoms with Gasteiger partial charge in [0.2, 0.25) is 5.95 Å². The van der Waals surface area contributed by atoms with Crippen molar-refractivity contribution in [2.45, 2.75) is 51.2 Å². The SMILES string of the molecule is CCN(c1cc(C(F)(F)F)nc(NN)n1)C1CCCCC1. The number of aromatic nitrogens is 2. The van der Waals surface area contributed by atoms with Crippen molar-refractivity contribution in [3.8, 4) is 0 Å². The molecule has 5 nitrogen and oxygen atoms in total. The van der Waals surface area contributed by atoms with Gasteiger partial charge in [0.1, 0.15) is 5.82 Å². The molecule has 1 saturated carbocycles. The minimum Gasteiger partial charge on any atom is -0.354 e. The van der Waals surface area contributed by atoms with Crippen LogP contribution < -0.4 is 16.2 Å². The van der Waals surface area contributed by atoms with Gasteiger partial charge in [-0.2, -0.15) is 18.2 Å². The smallest absolute Gasteiger partial charge is 0.354 e. The average Bonchev–Trinajstić information content (AvgIpc) is 2.48. The van der Waals surface area contributed by atoms with Crippen molar-refractivity contribution in [2.24, 2.45) is 5.84 Å². The Kier molecular flexibility index (Phi) is 4.87. The summed E-state index contributed by atoms with van der Waals surface area (Å²) in [5, 5.41) is 0. The third kappa shape index (κ3) is 3.75. The molecule has 0 saturated heterocycles. The van der Waals surface area contributed by atoms with Crippen LogP contribution >= 0.6 is 0 Å². The molecule has 0 aliphatic heterocycles. The highest BCUT2D eigenvalue weighted by Gasteiger charge is 2.34. The fourth-order valence-electron chi connectivity index (χ4n) is 2.79. The molecule has 0 bridgehead atoms. The number of nitrogen functional groups attached to an aromatic ring is 1. The third-order valence-electron chi connectivity index (χ3n) is 3.78. The van der Waals surface area contributed by atoms with Crippen molar-refractivity contribution in [3.05, 3.63) is 11.8 Å². The molecule has 1 aromatic rings. The Balaban J connectivity index is 2.35. The minimum atomic E-state index is -4.52. The zero-order chi connectivity index (χ0) is 15.5. The maximum Gasteiger partial charge on any atom is 0.433 e. The highest BCUT2D eigenvalue weighted by molar-refractivity contribution is 5.46. The molecule has 2 rings (SSSR count). The highest BCUT2D eigenvalue weighted by Crippen LogP contribution is 2.32. The van der Waals surface area contributed by atoms with Gasteiger partial charge < -0.3 is 4.90 Å². The molecule has 0 aromatic carbocycles. The van der Waals surface area contributed by atoms with Crippen molar-refractivity contribution in [1.29, 1.82) is 0 Å². The summed E-state index contributed by atoms with van der Waals surface area (Å²) in [6, 6.07) is 1.23. The Bertz CT molecular complexity index is 471. The zero-order valence-corrected chi connectivity index (χ0v) is 12.0. The molecule has 0 atom stereocenters. The summed E-state index contributed by atoms with van der Waals surface area (Å²) >= 11 is 0. The van der Waals surface area contributed by atoms with Gasteiger partial charge in [-0.15, -0.1) is 0 Å². The van der Waals surface area contributed by atoms with Gasteiger partial charge in [0.05, 0.1) is 0 Å². The zero-order valence-electron chi connectivity index (χ0n) is 12.0. The molecule has 8 heteroatoms. The summed E-state index contributed by atoms with van der Waals surface area (Å²) in [5.41, 5.74) is 1.14. The van der Waals surface area contributed by atoms with E-state index in [2.05, 4.69) is 15.4 Å². The Labute approximate surface area is 121 Å². The molecule has 1 aliphatic carbocycles. The predicted octanol–water partition coefficient (Wildman–Crippen LogP) is 2.94. The van der Waals surface area contributed by atoms with Gasteiger partial charge in [-0.1, -0.05) is 19.3 Å². The number of rotatable bonds is 4. The average molecular weight is 303 g/mol. The van der Waals surface area contributed by atoms with Crippen LogP contribution in [0.4, 0.5) is 24.9 Å². The number of nitrogens with two attached hydrogens (primary N) is 1. The van der Waals surface area contributed by atoms with E-state index in [-0.39, 0.29) is 17.8 Å². The first-order chi connectivity index (χ1) is 9.95. The standard InChI is InChI=1S/C13H20F3N5/c1-2-21(9-6-4-3-5-7-9)11-8-10(13(14,15)16)18-12(19-11)20-17/h8-9H,2-7,17H2,1H3,(H,18,19,20). The van der Waals surface area contributed by atoms with Crippen LogP contribution in [0.15, 0.2) is 6.07 Å². The first-order valence-corrected chi connectivity index (χ1v) is 7.15. The van der Waals surface area contributed by atoms with Crippen molar-refractivity contribution < 1.29 is 13.2 Å². The van der Waals surface area contributed by atoms with E-state index in [1.807, 2.05) is 11.8 Å². The highest BCUT2D eigenvalue weighted by atomic mass is 19.4. The summed E-state index contributed by atoms with van der Waals surface area (Å²) in [6.07, 6.45) is 0.812. The summed E-state index contributed by atoms with van der Waals surface area (Å²) in [6.45, 7) is 2.52. The minimum absolute atomic E-state index is 0.214. The molecular weight excluding hydrogens is 283 g/mol. The number of hydrogen-bond donors (Lipinski definition) is 2. The monoisotopic (exact) mass is 303 g/mol. The molecule has 0 radical (unpaired) electrons. The molecule has 1 aliphatic rings. The summed E-state index contributed by atoms with van der Waals surface area (Å²) in [7, 11) is 0. The van der Waals surface area contributed by atoms with Crippen molar-refractivity contribution in [1.82, 2.24) is 9.97 Å². The topological polar surface area (TPSA) is 67.1 Å². The second-order valence-electron chi connectivity index (χ2n) is 5.15. The largest absolute Gasteiger partial charge is 0.433 e. The Morgan fingerprint density at radius 3 is 2.48 bits per heavy atom. The molecule has 1 heterocycles. The first kappa shape index (κ1) is 15.8. The lowest BCUT2D eigenvalue weighted by molar-refractivity contribution is -0.141. The van der Waals surface area contributed by atoms with Gasteiger partial charge in [0.15, 0.2) is 5.69 Å². The maximum atomic E-state index is 12.9. The normalized spacial score (nSPS) is 16.8. The molecule has 1 fully saturated rings. The van der Waals surface area contributed by atoms with Gasteiger partial charge in [0.25, 0.3) is 0 Å². The number of hydrazine groups is 1. The van der Waals surface area contributed by atoms with Crippen LogP contribution in [0.5, 0.6) is 0 Å². The van der Waals surface area contributed by atoms with Crippen LogP contribution in [0.1, 0.15) is 44.7 Å². The van der Waals surface area contributed by atoms with Crippen LogP contribution in [0.2, 0.25) is 0 Å². The summed E-state index contributed by atoms with van der Waals surface area (Å²) in [5.74, 6) is 5.25. The Morgan fingerprint density at radius 1 is 1.29 bits per heavy atom. The van der Waals surface area contributed by atoms with E-state index >= 15 is 0 Å². The van der Waals surface area contributed by atoms with Crippen molar-refractivity contribution in [2.75, 3.05) is 16.9 Å². The second kappa shape index (κ2) is 6.46. The lowest BCUT2D eigenvalue weighted by atomic mass is 9.94. The number of hydrogen-bond acceptors (Lipinski definition) is 5. The number of halogens is 3. The van der Waals surface area contributed by atoms with E-state index in [9.17, 15) is 13.2 Å². The van der Waals surface area contributed by atoms with E-state index in [1.165, 1.54) is 6.42 Å². The first-order valence-electron chi connectivity index (χ1n) is 7.15. The van der Waals surface area contributed by atoms with Crippen molar-refractivity contribution in [3.63, 3.8) is 0 Å². The fourth-order valence-corrected chi connectivity index (χ4v) is 2.79. The fraction of sp³-hybridized carbons (Fsp3) is 0.692. The van der Waals surface area contributed by atoms with E-state index in [0.717, 1.165) is 31.7 Å². The number of nitrogens with one attached hydrogen (secondary N) is 1. The Hall–Kier alpha value is -1.57. The molecule has 21 heavy (non-hydrogen) atoms. The molecule has 118 valence electrons. The molecule has 0 amide bonds. The third-order valence-corrected chi connectivity index (χ3v) is 3.78. The van der Waals surface area contributed by atoms with Crippen LogP contribution in [-0.2, 0) is 6.18 Å². The van der Waals surface area contributed by atoms with E-state index in [4.69, 9.17) is 5.84 Å². The quantitative estimate of drug-likeness (QED) is 0.661. The van der Waals surface area contributed by atoms with Gasteiger partial charge in [-0.3, -0.25) is 5.43 Å². The van der Waals surface area contributed by atoms with Crippen LogP contribution in [-0.4, -0.2) is 22.6 Å². The number of anilines is 2. The number of alkyl halides is 3.